The average Bonchev–Trinajstić information content (AvgIpc) is 2.51. The molecule has 0 aromatic heterocycles. The van der Waals surface area contributed by atoms with Gasteiger partial charge in [0.25, 0.3) is 0 Å². The van der Waals surface area contributed by atoms with E-state index in [2.05, 4.69) is 32.6 Å². The number of hydrogen-bond acceptors (Lipinski definition) is 4. The highest BCUT2D eigenvalue weighted by atomic mass is 16.5. The van der Waals surface area contributed by atoms with Gasteiger partial charge in [-0.25, -0.2) is 0 Å². The molecule has 0 amide bonds. The summed E-state index contributed by atoms with van der Waals surface area (Å²) in [6, 6.07) is 6.23. The third-order valence-electron chi connectivity index (χ3n) is 4.34. The normalized spacial score (nSPS) is 15.6. The van der Waals surface area contributed by atoms with Crippen molar-refractivity contribution in [3.63, 3.8) is 0 Å². The molecule has 0 spiro atoms. The van der Waals surface area contributed by atoms with Crippen molar-refractivity contribution >= 4 is 0 Å². The molecule has 1 aromatic carbocycles. The minimum absolute atomic E-state index is 0.283. The van der Waals surface area contributed by atoms with Crippen LogP contribution in [0.3, 0.4) is 0 Å². The lowest BCUT2D eigenvalue weighted by Gasteiger charge is -2.41. The molecule has 21 heavy (non-hydrogen) atoms. The summed E-state index contributed by atoms with van der Waals surface area (Å²) in [7, 11) is 3.29. The number of nitrogens with zero attached hydrogens (tertiary/aromatic N) is 1. The van der Waals surface area contributed by atoms with E-state index in [9.17, 15) is 0 Å². The Labute approximate surface area is 129 Å². The van der Waals surface area contributed by atoms with Crippen LogP contribution in [0.15, 0.2) is 18.2 Å². The third-order valence-corrected chi connectivity index (χ3v) is 4.34. The lowest BCUT2D eigenvalue weighted by Crippen LogP contribution is -2.54. The van der Waals surface area contributed by atoms with Gasteiger partial charge in [-0.2, -0.15) is 0 Å². The second-order valence-corrected chi connectivity index (χ2v) is 5.50. The fourth-order valence-electron chi connectivity index (χ4n) is 3.09. The molecule has 0 radical (unpaired) electrons. The van der Waals surface area contributed by atoms with E-state index in [1.54, 1.807) is 14.2 Å². The maximum atomic E-state index is 6.72. The summed E-state index contributed by atoms with van der Waals surface area (Å²) in [5.74, 6) is 1.45. The minimum Gasteiger partial charge on any atom is -0.493 e. The van der Waals surface area contributed by atoms with Crippen LogP contribution in [0, 0.1) is 0 Å². The van der Waals surface area contributed by atoms with Gasteiger partial charge in [0.15, 0.2) is 11.5 Å². The van der Waals surface area contributed by atoms with E-state index in [4.69, 9.17) is 15.2 Å². The zero-order valence-electron chi connectivity index (χ0n) is 14.3. The largest absolute Gasteiger partial charge is 0.493 e. The van der Waals surface area contributed by atoms with Crippen LogP contribution in [0.2, 0.25) is 0 Å². The standard InChI is InChI=1S/C17H30N2O2/c1-7-16(19(8-2)9-3)17(4,18)13-10-11-14(20-5)15(12-13)21-6/h10-12,16H,7-9,18H2,1-6H3. The van der Waals surface area contributed by atoms with Gasteiger partial charge in [0, 0.05) is 6.04 Å². The van der Waals surface area contributed by atoms with E-state index in [1.165, 1.54) is 0 Å². The average molecular weight is 294 g/mol. The molecule has 0 heterocycles. The molecule has 2 N–H and O–H groups in total. The molecule has 1 rings (SSSR count). The summed E-state index contributed by atoms with van der Waals surface area (Å²) < 4.78 is 10.7. The van der Waals surface area contributed by atoms with Gasteiger partial charge >= 0.3 is 0 Å². The Bertz CT molecular complexity index is 442. The number of rotatable bonds is 8. The van der Waals surface area contributed by atoms with Crippen molar-refractivity contribution in [1.82, 2.24) is 4.90 Å². The molecule has 0 saturated carbocycles. The smallest absolute Gasteiger partial charge is 0.161 e. The highest BCUT2D eigenvalue weighted by molar-refractivity contribution is 5.45. The van der Waals surface area contributed by atoms with Crippen molar-refractivity contribution in [3.8, 4) is 11.5 Å². The van der Waals surface area contributed by atoms with Crippen molar-refractivity contribution in [2.75, 3.05) is 27.3 Å². The fourth-order valence-corrected chi connectivity index (χ4v) is 3.09. The van der Waals surface area contributed by atoms with Crippen LogP contribution in [0.1, 0.15) is 39.7 Å². The van der Waals surface area contributed by atoms with E-state index in [-0.39, 0.29) is 6.04 Å². The van der Waals surface area contributed by atoms with Crippen LogP contribution in [0.25, 0.3) is 0 Å². The summed E-state index contributed by atoms with van der Waals surface area (Å²) in [6.07, 6.45) is 1.00. The Hall–Kier alpha value is -1.26. The number of nitrogens with two attached hydrogens (primary N) is 1. The maximum Gasteiger partial charge on any atom is 0.161 e. The van der Waals surface area contributed by atoms with Crippen molar-refractivity contribution in [3.05, 3.63) is 23.8 Å². The lowest BCUT2D eigenvalue weighted by atomic mass is 9.83. The third kappa shape index (κ3) is 3.69. The van der Waals surface area contributed by atoms with Crippen LogP contribution in [0.4, 0.5) is 0 Å². The van der Waals surface area contributed by atoms with E-state index in [0.717, 1.165) is 36.6 Å². The van der Waals surface area contributed by atoms with Crippen LogP contribution < -0.4 is 15.2 Å². The number of methoxy groups -OCH3 is 2. The summed E-state index contributed by atoms with van der Waals surface area (Å²) in [4.78, 5) is 2.41. The molecular formula is C17H30N2O2. The molecule has 0 saturated heterocycles. The van der Waals surface area contributed by atoms with Gasteiger partial charge in [-0.1, -0.05) is 26.8 Å². The predicted molar refractivity (Wildman–Crippen MR) is 88.1 cm³/mol. The Kier molecular flexibility index (Phi) is 6.49. The van der Waals surface area contributed by atoms with E-state index < -0.39 is 5.54 Å². The zero-order valence-corrected chi connectivity index (χ0v) is 14.3. The van der Waals surface area contributed by atoms with Crippen molar-refractivity contribution in [2.45, 2.75) is 45.7 Å². The highest BCUT2D eigenvalue weighted by Gasteiger charge is 2.34. The molecule has 0 bridgehead atoms. The van der Waals surface area contributed by atoms with Crippen molar-refractivity contribution < 1.29 is 9.47 Å². The highest BCUT2D eigenvalue weighted by Crippen LogP contribution is 2.34. The van der Waals surface area contributed by atoms with Gasteiger partial charge in [-0.05, 0) is 44.1 Å². The SMILES string of the molecule is CCC(N(CC)CC)C(C)(N)c1ccc(OC)c(OC)c1. The second kappa shape index (κ2) is 7.66. The second-order valence-electron chi connectivity index (χ2n) is 5.50. The summed E-state index contributed by atoms with van der Waals surface area (Å²) in [5, 5.41) is 0. The molecule has 2 atom stereocenters. The first-order valence-electron chi connectivity index (χ1n) is 7.71. The monoisotopic (exact) mass is 294 g/mol. The van der Waals surface area contributed by atoms with Gasteiger partial charge in [-0.3, -0.25) is 4.90 Å². The molecule has 4 nitrogen and oxygen atoms in total. The minimum atomic E-state index is -0.444. The number of benzene rings is 1. The molecule has 120 valence electrons. The number of likely N-dealkylation sites (N-methyl/N-ethyl adjacent to an activating group) is 1. The van der Waals surface area contributed by atoms with Gasteiger partial charge < -0.3 is 15.2 Å². The number of ether oxygens (including phenoxy) is 2. The predicted octanol–water partition coefficient (Wildman–Crippen LogP) is 3.00. The molecule has 0 aliphatic heterocycles. The molecule has 2 unspecified atom stereocenters. The first-order chi connectivity index (χ1) is 9.95. The van der Waals surface area contributed by atoms with Crippen molar-refractivity contribution in [2.24, 2.45) is 5.73 Å². The van der Waals surface area contributed by atoms with Gasteiger partial charge in [-0.15, -0.1) is 0 Å². The van der Waals surface area contributed by atoms with Crippen molar-refractivity contribution in [1.29, 1.82) is 0 Å². The van der Waals surface area contributed by atoms with E-state index in [0.29, 0.717) is 0 Å². The molecule has 0 aliphatic rings. The lowest BCUT2D eigenvalue weighted by molar-refractivity contribution is 0.134. The first kappa shape index (κ1) is 17.8. The Morgan fingerprint density at radius 1 is 1.10 bits per heavy atom. The molecule has 1 aromatic rings. The topological polar surface area (TPSA) is 47.7 Å². The Morgan fingerprint density at radius 3 is 2.10 bits per heavy atom. The van der Waals surface area contributed by atoms with Gasteiger partial charge in [0.1, 0.15) is 0 Å². The number of hydrogen-bond donors (Lipinski definition) is 1. The Balaban J connectivity index is 3.21. The molecule has 0 fully saturated rings. The summed E-state index contributed by atoms with van der Waals surface area (Å²) in [6.45, 7) is 10.6. The quantitative estimate of drug-likeness (QED) is 0.800. The van der Waals surface area contributed by atoms with Gasteiger partial charge in [0.2, 0.25) is 0 Å². The van der Waals surface area contributed by atoms with Crippen LogP contribution in [-0.4, -0.2) is 38.3 Å². The van der Waals surface area contributed by atoms with E-state index in [1.807, 2.05) is 18.2 Å². The molecule has 0 aliphatic carbocycles. The first-order valence-corrected chi connectivity index (χ1v) is 7.71. The molecular weight excluding hydrogens is 264 g/mol. The fraction of sp³-hybridized carbons (Fsp3) is 0.647. The van der Waals surface area contributed by atoms with Crippen LogP contribution in [-0.2, 0) is 5.54 Å². The van der Waals surface area contributed by atoms with Gasteiger partial charge in [0.05, 0.1) is 19.8 Å². The summed E-state index contributed by atoms with van der Waals surface area (Å²) in [5.41, 5.74) is 7.35. The van der Waals surface area contributed by atoms with Crippen LogP contribution >= 0.6 is 0 Å². The molecule has 4 heteroatoms. The summed E-state index contributed by atoms with van der Waals surface area (Å²) >= 11 is 0. The van der Waals surface area contributed by atoms with Crippen LogP contribution in [0.5, 0.6) is 11.5 Å². The zero-order chi connectivity index (χ0) is 16.0. The Morgan fingerprint density at radius 2 is 1.67 bits per heavy atom. The van der Waals surface area contributed by atoms with E-state index >= 15 is 0 Å². The maximum absolute atomic E-state index is 6.72.